The number of benzene rings is 2. The van der Waals surface area contributed by atoms with Gasteiger partial charge in [-0.15, -0.1) is 0 Å². The lowest BCUT2D eigenvalue weighted by molar-refractivity contribution is 0.402. The van der Waals surface area contributed by atoms with Gasteiger partial charge in [0.25, 0.3) is 0 Å². The molecule has 1 aliphatic rings. The fourth-order valence-electron chi connectivity index (χ4n) is 3.76. The molecule has 0 heterocycles. The third kappa shape index (κ3) is 2.93. The maximum atomic E-state index is 9.95. The lowest BCUT2D eigenvalue weighted by Gasteiger charge is -2.33. The van der Waals surface area contributed by atoms with Gasteiger partial charge in [-0.25, -0.2) is 0 Å². The van der Waals surface area contributed by atoms with E-state index in [1.807, 2.05) is 25.1 Å². The molecular formula is C22H26O2. The van der Waals surface area contributed by atoms with Crippen molar-refractivity contribution in [2.24, 2.45) is 11.8 Å². The monoisotopic (exact) mass is 322 g/mol. The summed E-state index contributed by atoms with van der Waals surface area (Å²) in [6, 6.07) is 11.4. The average Bonchev–Trinajstić information content (AvgIpc) is 2.56. The van der Waals surface area contributed by atoms with Crippen molar-refractivity contribution in [1.29, 1.82) is 0 Å². The second-order valence-corrected chi connectivity index (χ2v) is 7.20. The summed E-state index contributed by atoms with van der Waals surface area (Å²) in [4.78, 5) is 0. The fraction of sp³-hybridized carbons (Fsp3) is 0.364. The molecule has 3 atom stereocenters. The van der Waals surface area contributed by atoms with Gasteiger partial charge in [-0.2, -0.15) is 0 Å². The third-order valence-corrected chi connectivity index (χ3v) is 5.74. The van der Waals surface area contributed by atoms with Crippen molar-refractivity contribution in [3.63, 3.8) is 0 Å². The van der Waals surface area contributed by atoms with E-state index in [1.54, 1.807) is 18.2 Å². The molecule has 0 radical (unpaired) electrons. The highest BCUT2D eigenvalue weighted by atomic mass is 16.3. The Morgan fingerprint density at radius 3 is 2.21 bits per heavy atom. The van der Waals surface area contributed by atoms with Crippen LogP contribution in [0.3, 0.4) is 0 Å². The molecule has 0 saturated carbocycles. The number of phenols is 2. The van der Waals surface area contributed by atoms with Crippen LogP contribution in [0.5, 0.6) is 11.5 Å². The molecule has 0 aromatic heterocycles. The summed E-state index contributed by atoms with van der Waals surface area (Å²) in [5, 5.41) is 19.5. The van der Waals surface area contributed by atoms with Crippen molar-refractivity contribution in [2.75, 3.05) is 0 Å². The molecule has 0 aliphatic heterocycles. The minimum absolute atomic E-state index is 0.310. The van der Waals surface area contributed by atoms with Gasteiger partial charge in [0.2, 0.25) is 0 Å². The van der Waals surface area contributed by atoms with Gasteiger partial charge in [-0.05, 0) is 78.1 Å². The van der Waals surface area contributed by atoms with Crippen molar-refractivity contribution < 1.29 is 10.2 Å². The lowest BCUT2D eigenvalue weighted by Crippen LogP contribution is -2.19. The number of hydrogen-bond acceptors (Lipinski definition) is 2. The number of allylic oxidation sites excluding steroid dienone is 2. The largest absolute Gasteiger partial charge is 0.508 e. The zero-order chi connectivity index (χ0) is 17.4. The van der Waals surface area contributed by atoms with E-state index >= 15 is 0 Å². The summed E-state index contributed by atoms with van der Waals surface area (Å²) in [5.41, 5.74) is 5.98. The molecule has 2 aromatic rings. The van der Waals surface area contributed by atoms with Crippen molar-refractivity contribution in [1.82, 2.24) is 0 Å². The van der Waals surface area contributed by atoms with Gasteiger partial charge in [-0.3, -0.25) is 0 Å². The van der Waals surface area contributed by atoms with Crippen LogP contribution in [0.1, 0.15) is 48.4 Å². The Kier molecular flexibility index (Phi) is 4.40. The quantitative estimate of drug-likeness (QED) is 0.760. The van der Waals surface area contributed by atoms with Crippen LogP contribution >= 0.6 is 0 Å². The zero-order valence-corrected chi connectivity index (χ0v) is 14.9. The predicted octanol–water partition coefficient (Wildman–Crippen LogP) is 5.56. The van der Waals surface area contributed by atoms with Crippen LogP contribution in [0.25, 0.3) is 5.57 Å². The highest BCUT2D eigenvalue weighted by Crippen LogP contribution is 2.44. The van der Waals surface area contributed by atoms with Crippen molar-refractivity contribution in [3.8, 4) is 11.5 Å². The van der Waals surface area contributed by atoms with Crippen LogP contribution < -0.4 is 0 Å². The predicted molar refractivity (Wildman–Crippen MR) is 99.4 cm³/mol. The summed E-state index contributed by atoms with van der Waals surface area (Å²) < 4.78 is 0. The standard InChI is InChI=1S/C22H26O2/c1-13-11-18(17-5-7-19(23)8-6-17)12-21(14(13)2)20-9-10-22(24)16(4)15(20)3/h5-10,12-14,18,23-24H,11H2,1-4H3. The average molecular weight is 322 g/mol. The number of rotatable bonds is 2. The van der Waals surface area contributed by atoms with Gasteiger partial charge < -0.3 is 10.2 Å². The second-order valence-electron chi connectivity index (χ2n) is 7.20. The van der Waals surface area contributed by atoms with E-state index in [4.69, 9.17) is 0 Å². The smallest absolute Gasteiger partial charge is 0.118 e. The Hall–Kier alpha value is -2.22. The Labute approximate surface area is 144 Å². The number of phenolic OH excluding ortho intramolecular Hbond substituents is 2. The SMILES string of the molecule is Cc1c(O)ccc(C2=CC(c3ccc(O)cc3)CC(C)C2C)c1C. The zero-order valence-electron chi connectivity index (χ0n) is 14.9. The molecule has 126 valence electrons. The van der Waals surface area contributed by atoms with Crippen LogP contribution in [-0.4, -0.2) is 10.2 Å². The molecule has 24 heavy (non-hydrogen) atoms. The highest BCUT2D eigenvalue weighted by molar-refractivity contribution is 5.73. The van der Waals surface area contributed by atoms with Gasteiger partial charge in [0, 0.05) is 5.92 Å². The van der Waals surface area contributed by atoms with Crippen LogP contribution in [0.2, 0.25) is 0 Å². The van der Waals surface area contributed by atoms with E-state index in [1.165, 1.54) is 16.7 Å². The van der Waals surface area contributed by atoms with Crippen LogP contribution in [0.4, 0.5) is 0 Å². The van der Waals surface area contributed by atoms with Crippen molar-refractivity contribution >= 4 is 5.57 Å². The first-order valence-electron chi connectivity index (χ1n) is 8.68. The minimum atomic E-state index is 0.310. The molecule has 3 unspecified atom stereocenters. The van der Waals surface area contributed by atoms with E-state index in [-0.39, 0.29) is 0 Å². The van der Waals surface area contributed by atoms with Crippen LogP contribution in [0.15, 0.2) is 42.5 Å². The lowest BCUT2D eigenvalue weighted by atomic mass is 9.71. The summed E-state index contributed by atoms with van der Waals surface area (Å²) in [7, 11) is 0. The molecule has 2 nitrogen and oxygen atoms in total. The Balaban J connectivity index is 2.07. The summed E-state index contributed by atoms with van der Waals surface area (Å²) in [6.07, 6.45) is 3.50. The molecular weight excluding hydrogens is 296 g/mol. The molecule has 0 bridgehead atoms. The van der Waals surface area contributed by atoms with E-state index in [9.17, 15) is 10.2 Å². The Morgan fingerprint density at radius 1 is 0.875 bits per heavy atom. The Morgan fingerprint density at radius 2 is 1.54 bits per heavy atom. The first-order valence-corrected chi connectivity index (χ1v) is 8.68. The van der Waals surface area contributed by atoms with Gasteiger partial charge in [-0.1, -0.05) is 38.1 Å². The number of aromatic hydroxyl groups is 2. The van der Waals surface area contributed by atoms with Gasteiger partial charge in [0.15, 0.2) is 0 Å². The van der Waals surface area contributed by atoms with Gasteiger partial charge >= 0.3 is 0 Å². The molecule has 0 amide bonds. The molecule has 0 spiro atoms. The maximum Gasteiger partial charge on any atom is 0.118 e. The van der Waals surface area contributed by atoms with Crippen LogP contribution in [0, 0.1) is 25.7 Å². The van der Waals surface area contributed by atoms with E-state index in [2.05, 4.69) is 26.8 Å². The highest BCUT2D eigenvalue weighted by Gasteiger charge is 2.28. The first kappa shape index (κ1) is 16.6. The maximum absolute atomic E-state index is 9.95. The molecule has 1 aliphatic carbocycles. The number of hydrogen-bond donors (Lipinski definition) is 2. The first-order chi connectivity index (χ1) is 11.4. The van der Waals surface area contributed by atoms with E-state index in [0.717, 1.165) is 17.5 Å². The van der Waals surface area contributed by atoms with E-state index in [0.29, 0.717) is 29.3 Å². The molecule has 0 fully saturated rings. The molecule has 0 saturated heterocycles. The van der Waals surface area contributed by atoms with Crippen LogP contribution in [-0.2, 0) is 0 Å². The summed E-state index contributed by atoms with van der Waals surface area (Å²) >= 11 is 0. The molecule has 2 aromatic carbocycles. The fourth-order valence-corrected chi connectivity index (χ4v) is 3.76. The normalized spacial score (nSPS) is 23.8. The summed E-state index contributed by atoms with van der Waals surface area (Å²) in [5.74, 6) is 2.10. The van der Waals surface area contributed by atoms with Crippen molar-refractivity contribution in [3.05, 3.63) is 64.7 Å². The topological polar surface area (TPSA) is 40.5 Å². The Bertz CT molecular complexity index is 771. The summed E-state index contributed by atoms with van der Waals surface area (Å²) in [6.45, 7) is 8.68. The molecule has 3 rings (SSSR count). The van der Waals surface area contributed by atoms with Gasteiger partial charge in [0.05, 0.1) is 0 Å². The van der Waals surface area contributed by atoms with E-state index < -0.39 is 0 Å². The molecule has 2 N–H and O–H groups in total. The van der Waals surface area contributed by atoms with Crippen molar-refractivity contribution in [2.45, 2.75) is 40.0 Å². The minimum Gasteiger partial charge on any atom is -0.508 e. The molecule has 2 heteroatoms. The third-order valence-electron chi connectivity index (χ3n) is 5.74. The second kappa shape index (κ2) is 6.35. The van der Waals surface area contributed by atoms with Gasteiger partial charge in [0.1, 0.15) is 11.5 Å².